The highest BCUT2D eigenvalue weighted by atomic mass is 16.6. The molecule has 0 atom stereocenters. The molecule has 9 nitrogen and oxygen atoms in total. The molecule has 1 aliphatic heterocycles. The van der Waals surface area contributed by atoms with Gasteiger partial charge in [-0.1, -0.05) is 55.5 Å². The third kappa shape index (κ3) is 3.81. The van der Waals surface area contributed by atoms with E-state index in [0.717, 1.165) is 12.0 Å². The van der Waals surface area contributed by atoms with Gasteiger partial charge in [0.2, 0.25) is 5.95 Å². The van der Waals surface area contributed by atoms with Crippen molar-refractivity contribution in [2.24, 2.45) is 0 Å². The van der Waals surface area contributed by atoms with E-state index in [1.54, 1.807) is 36.5 Å². The monoisotopic (exact) mass is 454 g/mol. The summed E-state index contributed by atoms with van der Waals surface area (Å²) in [7, 11) is 0. The SMILES string of the molecule is CCc1cccc(-c2nccc(N3CCCn4c3nc(-c3ccccc3)c([N+](=O)[O-])c4=O)n2)c1. The molecule has 0 saturated heterocycles. The van der Waals surface area contributed by atoms with Crippen LogP contribution in [0.2, 0.25) is 0 Å². The molecule has 170 valence electrons. The Bertz CT molecular complexity index is 1430. The molecule has 2 aromatic carbocycles. The molecular formula is C25H22N6O3. The molecule has 0 radical (unpaired) electrons. The predicted molar refractivity (Wildman–Crippen MR) is 129 cm³/mol. The van der Waals surface area contributed by atoms with Crippen molar-refractivity contribution in [1.29, 1.82) is 0 Å². The number of aryl methyl sites for hydroxylation is 1. The Morgan fingerprint density at radius 3 is 2.56 bits per heavy atom. The number of nitrogens with zero attached hydrogens (tertiary/aromatic N) is 6. The Balaban J connectivity index is 1.66. The highest BCUT2D eigenvalue weighted by Crippen LogP contribution is 2.32. The maximum absolute atomic E-state index is 13.2. The van der Waals surface area contributed by atoms with Gasteiger partial charge in [0, 0.05) is 30.4 Å². The second kappa shape index (κ2) is 8.86. The molecule has 0 spiro atoms. The van der Waals surface area contributed by atoms with Crippen molar-refractivity contribution in [3.05, 3.63) is 92.9 Å². The van der Waals surface area contributed by atoms with E-state index in [9.17, 15) is 14.9 Å². The maximum Gasteiger partial charge on any atom is 0.360 e. The number of hydrogen-bond donors (Lipinski definition) is 0. The summed E-state index contributed by atoms with van der Waals surface area (Å²) in [6.45, 7) is 3.02. The van der Waals surface area contributed by atoms with E-state index >= 15 is 0 Å². The minimum Gasteiger partial charge on any atom is -0.296 e. The van der Waals surface area contributed by atoms with E-state index in [2.05, 4.69) is 29.0 Å². The molecule has 9 heteroatoms. The number of benzene rings is 2. The summed E-state index contributed by atoms with van der Waals surface area (Å²) < 4.78 is 1.37. The van der Waals surface area contributed by atoms with Gasteiger partial charge in [-0.2, -0.15) is 0 Å². The van der Waals surface area contributed by atoms with Crippen molar-refractivity contribution in [2.45, 2.75) is 26.3 Å². The highest BCUT2D eigenvalue weighted by Gasteiger charge is 2.31. The third-order valence-electron chi connectivity index (χ3n) is 5.87. The molecule has 0 fully saturated rings. The first-order valence-electron chi connectivity index (χ1n) is 11.1. The Kier molecular flexibility index (Phi) is 5.59. The topological polar surface area (TPSA) is 107 Å². The second-order valence-electron chi connectivity index (χ2n) is 7.99. The van der Waals surface area contributed by atoms with Crippen LogP contribution in [0, 0.1) is 10.1 Å². The zero-order valence-corrected chi connectivity index (χ0v) is 18.6. The van der Waals surface area contributed by atoms with Gasteiger partial charge in [0.15, 0.2) is 11.5 Å². The van der Waals surface area contributed by atoms with E-state index in [1.807, 2.05) is 23.1 Å². The zero-order chi connectivity index (χ0) is 23.7. The summed E-state index contributed by atoms with van der Waals surface area (Å²) in [4.78, 5) is 40.1. The molecule has 0 unspecified atom stereocenters. The normalized spacial score (nSPS) is 12.9. The van der Waals surface area contributed by atoms with Crippen LogP contribution >= 0.6 is 0 Å². The minimum atomic E-state index is -0.663. The van der Waals surface area contributed by atoms with Crippen molar-refractivity contribution in [2.75, 3.05) is 11.4 Å². The van der Waals surface area contributed by atoms with Crippen LogP contribution in [0.25, 0.3) is 22.6 Å². The van der Waals surface area contributed by atoms with Crippen LogP contribution in [-0.2, 0) is 13.0 Å². The van der Waals surface area contributed by atoms with Gasteiger partial charge in [-0.15, -0.1) is 0 Å². The fraction of sp³-hybridized carbons (Fsp3) is 0.200. The third-order valence-corrected chi connectivity index (χ3v) is 5.87. The number of anilines is 2. The maximum atomic E-state index is 13.2. The first kappa shape index (κ1) is 21.4. The highest BCUT2D eigenvalue weighted by molar-refractivity contribution is 5.71. The lowest BCUT2D eigenvalue weighted by Gasteiger charge is -2.30. The van der Waals surface area contributed by atoms with Crippen LogP contribution in [-0.4, -0.2) is 31.0 Å². The lowest BCUT2D eigenvalue weighted by molar-refractivity contribution is -0.386. The summed E-state index contributed by atoms with van der Waals surface area (Å²) in [5.74, 6) is 1.49. The summed E-state index contributed by atoms with van der Waals surface area (Å²) in [5.41, 5.74) is 1.47. The molecule has 4 aromatic rings. The Morgan fingerprint density at radius 2 is 1.79 bits per heavy atom. The van der Waals surface area contributed by atoms with Crippen LogP contribution in [0.1, 0.15) is 18.9 Å². The Morgan fingerprint density at radius 1 is 1.00 bits per heavy atom. The molecule has 5 rings (SSSR count). The lowest BCUT2D eigenvalue weighted by Crippen LogP contribution is -2.37. The van der Waals surface area contributed by atoms with Crippen molar-refractivity contribution in [1.82, 2.24) is 19.5 Å². The number of hydrogen-bond acceptors (Lipinski definition) is 7. The van der Waals surface area contributed by atoms with Gasteiger partial charge >= 0.3 is 11.2 Å². The van der Waals surface area contributed by atoms with E-state index in [0.29, 0.717) is 42.7 Å². The molecule has 0 saturated carbocycles. The van der Waals surface area contributed by atoms with E-state index in [4.69, 9.17) is 4.98 Å². The molecule has 1 aliphatic rings. The Hall–Kier alpha value is -4.40. The van der Waals surface area contributed by atoms with E-state index < -0.39 is 16.2 Å². The van der Waals surface area contributed by atoms with Crippen LogP contribution in [0.15, 0.2) is 71.7 Å². The van der Waals surface area contributed by atoms with Crippen molar-refractivity contribution in [3.63, 3.8) is 0 Å². The summed E-state index contributed by atoms with van der Waals surface area (Å²) in [6, 6.07) is 18.6. The minimum absolute atomic E-state index is 0.0543. The van der Waals surface area contributed by atoms with Crippen LogP contribution in [0.5, 0.6) is 0 Å². The van der Waals surface area contributed by atoms with Gasteiger partial charge in [-0.3, -0.25) is 24.4 Å². The molecule has 0 aliphatic carbocycles. The molecule has 0 bridgehead atoms. The number of aromatic nitrogens is 4. The van der Waals surface area contributed by atoms with Gasteiger partial charge < -0.3 is 0 Å². The second-order valence-corrected chi connectivity index (χ2v) is 7.99. The van der Waals surface area contributed by atoms with E-state index in [-0.39, 0.29) is 5.69 Å². The fourth-order valence-electron chi connectivity index (χ4n) is 4.18. The van der Waals surface area contributed by atoms with Gasteiger partial charge in [0.1, 0.15) is 5.82 Å². The molecule has 2 aromatic heterocycles. The van der Waals surface area contributed by atoms with Crippen LogP contribution in [0.3, 0.4) is 0 Å². The standard InChI is InChI=1S/C25H22N6O3/c1-2-17-8-6-11-19(16-17)23-26-13-12-20(27-23)29-14-7-15-30-24(32)22(31(33)34)21(28-25(29)30)18-9-4-3-5-10-18/h3-6,8-13,16H,2,7,14-15H2,1H3. The van der Waals surface area contributed by atoms with E-state index in [1.165, 1.54) is 10.1 Å². The van der Waals surface area contributed by atoms with Crippen molar-refractivity contribution >= 4 is 17.5 Å². The quantitative estimate of drug-likeness (QED) is 0.325. The smallest absolute Gasteiger partial charge is 0.296 e. The number of nitro groups is 1. The zero-order valence-electron chi connectivity index (χ0n) is 18.6. The van der Waals surface area contributed by atoms with Crippen LogP contribution < -0.4 is 10.5 Å². The molecule has 0 N–H and O–H groups in total. The first-order valence-corrected chi connectivity index (χ1v) is 11.1. The lowest BCUT2D eigenvalue weighted by atomic mass is 10.1. The molecule has 0 amide bonds. The van der Waals surface area contributed by atoms with Crippen molar-refractivity contribution < 1.29 is 4.92 Å². The fourth-order valence-corrected chi connectivity index (χ4v) is 4.18. The average molecular weight is 454 g/mol. The summed E-state index contributed by atoms with van der Waals surface area (Å²) >= 11 is 0. The molecule has 34 heavy (non-hydrogen) atoms. The summed E-state index contributed by atoms with van der Waals surface area (Å²) in [5, 5.41) is 11.8. The number of fused-ring (bicyclic) bond motifs is 1. The van der Waals surface area contributed by atoms with Gasteiger partial charge in [-0.25, -0.2) is 15.0 Å². The van der Waals surface area contributed by atoms with Gasteiger partial charge in [0.25, 0.3) is 0 Å². The molecule has 3 heterocycles. The summed E-state index contributed by atoms with van der Waals surface area (Å²) in [6.07, 6.45) is 3.21. The van der Waals surface area contributed by atoms with Crippen LogP contribution in [0.4, 0.5) is 17.5 Å². The average Bonchev–Trinajstić information content (AvgIpc) is 2.88. The predicted octanol–water partition coefficient (Wildman–Crippen LogP) is 4.38. The number of rotatable bonds is 5. The van der Waals surface area contributed by atoms with Gasteiger partial charge in [0.05, 0.1) is 4.92 Å². The van der Waals surface area contributed by atoms with Gasteiger partial charge in [-0.05, 0) is 30.5 Å². The first-order chi connectivity index (χ1) is 16.6. The Labute approximate surface area is 195 Å². The van der Waals surface area contributed by atoms with Crippen molar-refractivity contribution in [3.8, 4) is 22.6 Å². The molecular weight excluding hydrogens is 432 g/mol. The largest absolute Gasteiger partial charge is 0.360 e.